The molecule has 2 aromatic rings. The predicted molar refractivity (Wildman–Crippen MR) is 118 cm³/mol. The van der Waals surface area contributed by atoms with Crippen molar-refractivity contribution in [3.63, 3.8) is 0 Å². The van der Waals surface area contributed by atoms with E-state index in [0.717, 1.165) is 17.5 Å². The zero-order valence-electron chi connectivity index (χ0n) is 18.7. The molecule has 1 heterocycles. The molecule has 2 N–H and O–H groups in total. The minimum Gasteiger partial charge on any atom is -0.493 e. The molecule has 7 heteroatoms. The van der Waals surface area contributed by atoms with Crippen LogP contribution in [0.4, 0.5) is 4.39 Å². The monoisotopic (exact) mass is 443 g/mol. The molecule has 0 saturated carbocycles. The van der Waals surface area contributed by atoms with Gasteiger partial charge in [0.25, 0.3) is 0 Å². The normalized spacial score (nSPS) is 22.9. The van der Waals surface area contributed by atoms with Gasteiger partial charge in [-0.05, 0) is 48.7 Å². The van der Waals surface area contributed by atoms with Crippen LogP contribution in [0.15, 0.2) is 42.5 Å². The summed E-state index contributed by atoms with van der Waals surface area (Å²) < 4.78 is 25.9. The molecule has 0 spiro atoms. The van der Waals surface area contributed by atoms with E-state index in [2.05, 4.69) is 5.32 Å². The third kappa shape index (κ3) is 6.07. The summed E-state index contributed by atoms with van der Waals surface area (Å²) in [5, 5.41) is 12.3. The molecule has 1 aliphatic rings. The predicted octanol–water partition coefficient (Wildman–Crippen LogP) is 4.73. The molecule has 3 rings (SSSR count). The molecule has 1 amide bonds. The second kappa shape index (κ2) is 10.1. The van der Waals surface area contributed by atoms with Gasteiger partial charge in [-0.2, -0.15) is 0 Å². The van der Waals surface area contributed by atoms with Crippen LogP contribution in [0.1, 0.15) is 68.9 Å². The number of carboxylic acids is 1. The van der Waals surface area contributed by atoms with Crippen molar-refractivity contribution in [2.45, 2.75) is 64.2 Å². The first kappa shape index (κ1) is 23.7. The molecule has 0 unspecified atom stereocenters. The number of carbonyl (C=O) groups is 2. The lowest BCUT2D eigenvalue weighted by atomic mass is 9.81. The van der Waals surface area contributed by atoms with Gasteiger partial charge in [0.15, 0.2) is 0 Å². The van der Waals surface area contributed by atoms with Crippen LogP contribution in [0.5, 0.6) is 5.75 Å². The van der Waals surface area contributed by atoms with Crippen LogP contribution in [0.25, 0.3) is 0 Å². The van der Waals surface area contributed by atoms with Gasteiger partial charge in [0.1, 0.15) is 11.6 Å². The number of carbonyl (C=O) groups excluding carboxylic acids is 1. The molecule has 172 valence electrons. The minimum atomic E-state index is -0.921. The van der Waals surface area contributed by atoms with E-state index in [1.807, 2.05) is 19.9 Å². The van der Waals surface area contributed by atoms with Crippen LogP contribution in [0.3, 0.4) is 0 Å². The highest BCUT2D eigenvalue weighted by molar-refractivity contribution is 5.73. The number of hydrogen-bond donors (Lipinski definition) is 2. The van der Waals surface area contributed by atoms with Crippen molar-refractivity contribution in [3.05, 3.63) is 65.0 Å². The van der Waals surface area contributed by atoms with E-state index in [1.54, 1.807) is 24.3 Å². The van der Waals surface area contributed by atoms with Gasteiger partial charge < -0.3 is 19.9 Å². The highest BCUT2D eigenvalue weighted by Gasteiger charge is 2.40. The van der Waals surface area contributed by atoms with E-state index in [4.69, 9.17) is 9.47 Å². The average Bonchev–Trinajstić information content (AvgIpc) is 2.71. The fourth-order valence-corrected chi connectivity index (χ4v) is 4.26. The summed E-state index contributed by atoms with van der Waals surface area (Å²) in [5.41, 5.74) is 1.63. The Hall–Kier alpha value is -2.93. The number of rotatable bonds is 8. The number of halogens is 1. The topological polar surface area (TPSA) is 84.9 Å². The summed E-state index contributed by atoms with van der Waals surface area (Å²) >= 11 is 0. The Morgan fingerprint density at radius 2 is 1.88 bits per heavy atom. The van der Waals surface area contributed by atoms with Gasteiger partial charge in [0, 0.05) is 30.9 Å². The molecule has 0 bridgehead atoms. The second-order valence-electron chi connectivity index (χ2n) is 8.61. The number of ether oxygens (including phenoxy) is 2. The highest BCUT2D eigenvalue weighted by Crippen LogP contribution is 2.46. The number of carboxylic acid groups (broad SMARTS) is 1. The van der Waals surface area contributed by atoms with Crippen LogP contribution in [0.2, 0.25) is 0 Å². The zero-order valence-corrected chi connectivity index (χ0v) is 18.7. The van der Waals surface area contributed by atoms with E-state index >= 15 is 0 Å². The third-order valence-corrected chi connectivity index (χ3v) is 5.56. The molecule has 0 aromatic heterocycles. The minimum absolute atomic E-state index is 0.113. The largest absolute Gasteiger partial charge is 0.493 e. The number of nitrogens with one attached hydrogen (secondary N) is 1. The Morgan fingerprint density at radius 3 is 2.50 bits per heavy atom. The van der Waals surface area contributed by atoms with Crippen molar-refractivity contribution < 1.29 is 28.6 Å². The van der Waals surface area contributed by atoms with Crippen LogP contribution in [-0.2, 0) is 20.7 Å². The molecular formula is C25H30FNO5. The van der Waals surface area contributed by atoms with Gasteiger partial charge in [-0.15, -0.1) is 0 Å². The standard InChI is InChI=1S/C25H30FNO5/c1-4-11-31-21-10-5-17(13-24(29)30)12-20(21)23-15-25(3,27-16(2)28)14-22(32-23)18-6-8-19(26)9-7-18/h5-10,12,22-23H,4,11,13-15H2,1-3H3,(H,27,28)(H,29,30)/t22-,23+,25-/m0/s1. The SMILES string of the molecule is CCCOc1ccc(CC(=O)O)cc1[C@H]1C[C@@](C)(NC(C)=O)C[C@@H](c2ccc(F)cc2)O1. The lowest BCUT2D eigenvalue weighted by Gasteiger charge is -2.43. The van der Waals surface area contributed by atoms with Gasteiger partial charge in [-0.25, -0.2) is 4.39 Å². The molecule has 0 aliphatic carbocycles. The fraction of sp³-hybridized carbons (Fsp3) is 0.440. The molecule has 1 saturated heterocycles. The number of amides is 1. The van der Waals surface area contributed by atoms with Gasteiger partial charge in [0.2, 0.25) is 5.91 Å². The Labute approximate surface area is 187 Å². The van der Waals surface area contributed by atoms with Gasteiger partial charge in [-0.1, -0.05) is 25.1 Å². The highest BCUT2D eigenvalue weighted by atomic mass is 19.1. The molecule has 1 aliphatic heterocycles. The molecule has 0 radical (unpaired) electrons. The fourth-order valence-electron chi connectivity index (χ4n) is 4.26. The lowest BCUT2D eigenvalue weighted by Crippen LogP contribution is -2.50. The van der Waals surface area contributed by atoms with E-state index in [9.17, 15) is 19.1 Å². The van der Waals surface area contributed by atoms with Crippen molar-refractivity contribution in [1.29, 1.82) is 0 Å². The van der Waals surface area contributed by atoms with Crippen LogP contribution < -0.4 is 10.1 Å². The summed E-state index contributed by atoms with van der Waals surface area (Å²) in [6.07, 6.45) is 0.893. The molecule has 1 fully saturated rings. The first-order chi connectivity index (χ1) is 15.2. The van der Waals surface area contributed by atoms with Crippen molar-refractivity contribution in [2.24, 2.45) is 0 Å². The first-order valence-corrected chi connectivity index (χ1v) is 10.9. The molecule has 32 heavy (non-hydrogen) atoms. The van der Waals surface area contributed by atoms with Crippen molar-refractivity contribution in [3.8, 4) is 5.75 Å². The van der Waals surface area contributed by atoms with Crippen molar-refractivity contribution in [2.75, 3.05) is 6.61 Å². The average molecular weight is 444 g/mol. The van der Waals surface area contributed by atoms with Gasteiger partial charge in [-0.3, -0.25) is 9.59 Å². The number of aliphatic carboxylic acids is 1. The quantitative estimate of drug-likeness (QED) is 0.616. The Bertz CT molecular complexity index is 961. The second-order valence-corrected chi connectivity index (χ2v) is 8.61. The summed E-state index contributed by atoms with van der Waals surface area (Å²) in [7, 11) is 0. The molecular weight excluding hydrogens is 413 g/mol. The smallest absolute Gasteiger partial charge is 0.307 e. The van der Waals surface area contributed by atoms with Gasteiger partial charge in [0.05, 0.1) is 25.2 Å². The maximum atomic E-state index is 13.5. The molecule has 6 nitrogen and oxygen atoms in total. The lowest BCUT2D eigenvalue weighted by molar-refractivity contribution is -0.136. The Morgan fingerprint density at radius 1 is 1.19 bits per heavy atom. The first-order valence-electron chi connectivity index (χ1n) is 10.9. The molecule has 2 aromatic carbocycles. The summed E-state index contributed by atoms with van der Waals surface area (Å²) in [5.74, 6) is -0.763. The number of hydrogen-bond acceptors (Lipinski definition) is 4. The van der Waals surface area contributed by atoms with Gasteiger partial charge >= 0.3 is 5.97 Å². The Balaban J connectivity index is 2.01. The third-order valence-electron chi connectivity index (χ3n) is 5.56. The summed E-state index contributed by atoms with van der Waals surface area (Å²) in [4.78, 5) is 23.2. The maximum absolute atomic E-state index is 13.5. The van der Waals surface area contributed by atoms with Crippen LogP contribution in [-0.4, -0.2) is 29.1 Å². The Kier molecular flexibility index (Phi) is 7.51. The summed E-state index contributed by atoms with van der Waals surface area (Å²) in [6.45, 7) is 5.97. The van der Waals surface area contributed by atoms with Crippen molar-refractivity contribution >= 4 is 11.9 Å². The maximum Gasteiger partial charge on any atom is 0.307 e. The van der Waals surface area contributed by atoms with E-state index in [-0.39, 0.29) is 24.2 Å². The molecule has 3 atom stereocenters. The van der Waals surface area contributed by atoms with E-state index in [0.29, 0.717) is 30.8 Å². The van der Waals surface area contributed by atoms with Crippen molar-refractivity contribution in [1.82, 2.24) is 5.32 Å². The van der Waals surface area contributed by atoms with Crippen LogP contribution >= 0.6 is 0 Å². The van der Waals surface area contributed by atoms with E-state index in [1.165, 1.54) is 19.1 Å². The summed E-state index contributed by atoms with van der Waals surface area (Å²) in [6, 6.07) is 11.5. The zero-order chi connectivity index (χ0) is 23.3. The van der Waals surface area contributed by atoms with E-state index < -0.39 is 17.6 Å². The van der Waals surface area contributed by atoms with Crippen LogP contribution in [0, 0.1) is 5.82 Å². The number of benzene rings is 2.